The lowest BCUT2D eigenvalue weighted by Gasteiger charge is -2.35. The summed E-state index contributed by atoms with van der Waals surface area (Å²) in [5, 5.41) is 0.930. The maximum Gasteiger partial charge on any atom is 0.410 e. The standard InChI is InChI=1S/C18H17Cl2FN2O2/c19-13-3-1-4-14(11-13)22-7-9-23(10-8-22)18(24)25-12-15-16(20)5-2-6-17(15)21/h1-6,11H,7-10,12H2. The molecule has 2 aromatic carbocycles. The summed E-state index contributed by atoms with van der Waals surface area (Å²) in [6.45, 7) is 2.22. The fourth-order valence-electron chi connectivity index (χ4n) is 2.72. The van der Waals surface area contributed by atoms with Crippen LogP contribution in [0, 0.1) is 5.82 Å². The highest BCUT2D eigenvalue weighted by Gasteiger charge is 2.23. The van der Waals surface area contributed by atoms with E-state index in [1.54, 1.807) is 11.0 Å². The van der Waals surface area contributed by atoms with Gasteiger partial charge in [0.1, 0.15) is 12.4 Å². The van der Waals surface area contributed by atoms with Crippen molar-refractivity contribution in [1.82, 2.24) is 4.90 Å². The van der Waals surface area contributed by atoms with Crippen molar-refractivity contribution in [2.45, 2.75) is 6.61 Å². The van der Waals surface area contributed by atoms with E-state index in [1.165, 1.54) is 12.1 Å². The fraction of sp³-hybridized carbons (Fsp3) is 0.278. The molecule has 1 aliphatic rings. The van der Waals surface area contributed by atoms with Crippen LogP contribution in [0.3, 0.4) is 0 Å². The van der Waals surface area contributed by atoms with Gasteiger partial charge < -0.3 is 14.5 Å². The van der Waals surface area contributed by atoms with Gasteiger partial charge in [-0.3, -0.25) is 0 Å². The molecule has 0 aromatic heterocycles. The van der Waals surface area contributed by atoms with Crippen LogP contribution < -0.4 is 4.90 Å². The Hall–Kier alpha value is -1.98. The summed E-state index contributed by atoms with van der Waals surface area (Å²) < 4.78 is 18.9. The molecule has 0 N–H and O–H groups in total. The molecular formula is C18H17Cl2FN2O2. The molecule has 1 fully saturated rings. The van der Waals surface area contributed by atoms with E-state index in [9.17, 15) is 9.18 Å². The number of nitrogens with zero attached hydrogens (tertiary/aromatic N) is 2. The topological polar surface area (TPSA) is 32.8 Å². The molecule has 1 saturated heterocycles. The molecule has 1 aliphatic heterocycles. The molecular weight excluding hydrogens is 366 g/mol. The summed E-state index contributed by atoms with van der Waals surface area (Å²) in [7, 11) is 0. The number of rotatable bonds is 3. The minimum absolute atomic E-state index is 0.182. The largest absolute Gasteiger partial charge is 0.444 e. The molecule has 1 heterocycles. The molecule has 4 nitrogen and oxygen atoms in total. The first-order valence-corrected chi connectivity index (χ1v) is 8.65. The average Bonchev–Trinajstić information content (AvgIpc) is 2.61. The van der Waals surface area contributed by atoms with Gasteiger partial charge in [-0.25, -0.2) is 9.18 Å². The van der Waals surface area contributed by atoms with Crippen LogP contribution in [0.2, 0.25) is 10.0 Å². The maximum absolute atomic E-state index is 13.7. The van der Waals surface area contributed by atoms with Crippen molar-refractivity contribution >= 4 is 35.0 Å². The number of hydrogen-bond donors (Lipinski definition) is 0. The second-order valence-corrected chi connectivity index (χ2v) is 6.55. The molecule has 0 unspecified atom stereocenters. The number of benzene rings is 2. The summed E-state index contributed by atoms with van der Waals surface area (Å²) in [6.07, 6.45) is -0.468. The first kappa shape index (κ1) is 17.8. The molecule has 7 heteroatoms. The van der Waals surface area contributed by atoms with Gasteiger partial charge in [0.2, 0.25) is 0 Å². The molecule has 132 valence electrons. The van der Waals surface area contributed by atoms with Crippen LogP contribution in [-0.4, -0.2) is 37.2 Å². The van der Waals surface area contributed by atoms with Crippen molar-refractivity contribution in [2.24, 2.45) is 0 Å². The highest BCUT2D eigenvalue weighted by molar-refractivity contribution is 6.31. The Labute approximate surface area is 155 Å². The third-order valence-electron chi connectivity index (χ3n) is 4.11. The lowest BCUT2D eigenvalue weighted by Crippen LogP contribution is -2.48. The Morgan fingerprint density at radius 3 is 2.48 bits per heavy atom. The summed E-state index contributed by atoms with van der Waals surface area (Å²) in [6, 6.07) is 12.0. The highest BCUT2D eigenvalue weighted by atomic mass is 35.5. The van der Waals surface area contributed by atoms with E-state index in [4.69, 9.17) is 27.9 Å². The molecule has 0 aliphatic carbocycles. The molecule has 0 bridgehead atoms. The molecule has 0 atom stereocenters. The smallest absolute Gasteiger partial charge is 0.410 e. The fourth-order valence-corrected chi connectivity index (χ4v) is 3.12. The van der Waals surface area contributed by atoms with Crippen LogP contribution in [0.25, 0.3) is 0 Å². The highest BCUT2D eigenvalue weighted by Crippen LogP contribution is 2.22. The van der Waals surface area contributed by atoms with Crippen LogP contribution in [0.5, 0.6) is 0 Å². The summed E-state index contributed by atoms with van der Waals surface area (Å²) >= 11 is 12.0. The van der Waals surface area contributed by atoms with Crippen LogP contribution in [0.4, 0.5) is 14.9 Å². The third kappa shape index (κ3) is 4.35. The van der Waals surface area contributed by atoms with Crippen LogP contribution >= 0.6 is 23.2 Å². The number of anilines is 1. The van der Waals surface area contributed by atoms with Gasteiger partial charge in [0.25, 0.3) is 0 Å². The molecule has 2 aromatic rings. The first-order chi connectivity index (χ1) is 12.0. The van der Waals surface area contributed by atoms with Crippen molar-refractivity contribution in [3.8, 4) is 0 Å². The van der Waals surface area contributed by atoms with Crippen molar-refractivity contribution < 1.29 is 13.9 Å². The van der Waals surface area contributed by atoms with Gasteiger partial charge in [-0.05, 0) is 30.3 Å². The van der Waals surface area contributed by atoms with E-state index in [2.05, 4.69) is 4.90 Å². The Morgan fingerprint density at radius 2 is 1.80 bits per heavy atom. The van der Waals surface area contributed by atoms with E-state index < -0.39 is 11.9 Å². The lowest BCUT2D eigenvalue weighted by atomic mass is 10.2. The SMILES string of the molecule is O=C(OCc1c(F)cccc1Cl)N1CCN(c2cccc(Cl)c2)CC1. The predicted octanol–water partition coefficient (Wildman–Crippen LogP) is 4.59. The zero-order valence-electron chi connectivity index (χ0n) is 13.4. The van der Waals surface area contributed by atoms with Crippen molar-refractivity contribution in [1.29, 1.82) is 0 Å². The minimum Gasteiger partial charge on any atom is -0.444 e. The van der Waals surface area contributed by atoms with Crippen LogP contribution in [-0.2, 0) is 11.3 Å². The van der Waals surface area contributed by atoms with E-state index in [0.29, 0.717) is 31.2 Å². The van der Waals surface area contributed by atoms with E-state index in [0.717, 1.165) is 5.69 Å². The van der Waals surface area contributed by atoms with Crippen LogP contribution in [0.1, 0.15) is 5.56 Å². The minimum atomic E-state index is -0.480. The quantitative estimate of drug-likeness (QED) is 0.777. The molecule has 1 amide bonds. The summed E-state index contributed by atoms with van der Waals surface area (Å²) in [4.78, 5) is 16.0. The normalized spacial score (nSPS) is 14.5. The lowest BCUT2D eigenvalue weighted by molar-refractivity contribution is 0.0933. The zero-order chi connectivity index (χ0) is 17.8. The molecule has 3 rings (SSSR count). The Bertz CT molecular complexity index is 744. The molecule has 25 heavy (non-hydrogen) atoms. The van der Waals surface area contributed by atoms with E-state index >= 15 is 0 Å². The predicted molar refractivity (Wildman–Crippen MR) is 96.8 cm³/mol. The Morgan fingerprint density at radius 1 is 1.08 bits per heavy atom. The van der Waals surface area contributed by atoms with Crippen molar-refractivity contribution in [3.63, 3.8) is 0 Å². The van der Waals surface area contributed by atoms with E-state index in [1.807, 2.05) is 24.3 Å². The van der Waals surface area contributed by atoms with Gasteiger partial charge >= 0.3 is 6.09 Å². The molecule has 0 radical (unpaired) electrons. The molecule has 0 saturated carbocycles. The van der Waals surface area contributed by atoms with Gasteiger partial charge in [-0.1, -0.05) is 35.3 Å². The number of carbonyl (C=O) groups is 1. The summed E-state index contributed by atoms with van der Waals surface area (Å²) in [5.41, 5.74) is 1.22. The number of piperazine rings is 1. The second-order valence-electron chi connectivity index (χ2n) is 5.71. The number of hydrogen-bond acceptors (Lipinski definition) is 3. The zero-order valence-corrected chi connectivity index (χ0v) is 14.9. The van der Waals surface area contributed by atoms with Crippen molar-refractivity contribution in [3.05, 3.63) is 63.9 Å². The average molecular weight is 383 g/mol. The Kier molecular flexibility index (Phi) is 5.66. The van der Waals surface area contributed by atoms with Crippen LogP contribution in [0.15, 0.2) is 42.5 Å². The summed E-state index contributed by atoms with van der Waals surface area (Å²) in [5.74, 6) is -0.480. The second kappa shape index (κ2) is 7.93. The van der Waals surface area contributed by atoms with Crippen molar-refractivity contribution in [2.75, 3.05) is 31.1 Å². The van der Waals surface area contributed by atoms with E-state index in [-0.39, 0.29) is 17.2 Å². The monoisotopic (exact) mass is 382 g/mol. The third-order valence-corrected chi connectivity index (χ3v) is 4.70. The van der Waals surface area contributed by atoms with Gasteiger partial charge in [-0.2, -0.15) is 0 Å². The number of amides is 1. The maximum atomic E-state index is 13.7. The number of carbonyl (C=O) groups excluding carboxylic acids is 1. The van der Waals surface area contributed by atoms with Gasteiger partial charge in [0, 0.05) is 42.5 Å². The number of ether oxygens (including phenoxy) is 1. The van der Waals surface area contributed by atoms with Gasteiger partial charge in [-0.15, -0.1) is 0 Å². The Balaban J connectivity index is 1.53. The van der Waals surface area contributed by atoms with Gasteiger partial charge in [0.15, 0.2) is 0 Å². The molecule has 0 spiro atoms. The van der Waals surface area contributed by atoms with Gasteiger partial charge in [0.05, 0.1) is 5.02 Å². The first-order valence-electron chi connectivity index (χ1n) is 7.89. The number of halogens is 3.